The van der Waals surface area contributed by atoms with Gasteiger partial charge in [-0.25, -0.2) is 0 Å². The minimum Gasteiger partial charge on any atom is -0.465 e. The Morgan fingerprint density at radius 2 is 2.24 bits per heavy atom. The number of rotatable bonds is 1. The van der Waals surface area contributed by atoms with Crippen LogP contribution in [0.3, 0.4) is 0 Å². The van der Waals surface area contributed by atoms with Crippen molar-refractivity contribution in [1.82, 2.24) is 0 Å². The van der Waals surface area contributed by atoms with Crippen LogP contribution in [0.15, 0.2) is 22.8 Å². The van der Waals surface area contributed by atoms with E-state index in [4.69, 9.17) is 9.15 Å². The Morgan fingerprint density at radius 1 is 1.41 bits per heavy atom. The Hall–Kier alpha value is -1.25. The van der Waals surface area contributed by atoms with Crippen LogP contribution in [0, 0.1) is 17.3 Å². The molecule has 0 radical (unpaired) electrons. The monoisotopic (exact) mass is 234 g/mol. The van der Waals surface area contributed by atoms with Crippen molar-refractivity contribution in [3.8, 4) is 0 Å². The number of carbonyl (C=O) groups is 1. The first-order valence-corrected chi connectivity index (χ1v) is 6.32. The van der Waals surface area contributed by atoms with Gasteiger partial charge < -0.3 is 9.15 Å². The molecular weight excluding hydrogens is 216 g/mol. The quantitative estimate of drug-likeness (QED) is 0.700. The Labute approximate surface area is 101 Å². The summed E-state index contributed by atoms with van der Waals surface area (Å²) in [6, 6.07) is 3.73. The van der Waals surface area contributed by atoms with Gasteiger partial charge in [-0.05, 0) is 42.7 Å². The first-order chi connectivity index (χ1) is 8.08. The molecule has 3 nitrogen and oxygen atoms in total. The van der Waals surface area contributed by atoms with Crippen LogP contribution in [-0.2, 0) is 9.53 Å². The van der Waals surface area contributed by atoms with Gasteiger partial charge in [-0.3, -0.25) is 4.79 Å². The molecule has 2 aliphatic rings. The van der Waals surface area contributed by atoms with Crippen LogP contribution >= 0.6 is 0 Å². The summed E-state index contributed by atoms with van der Waals surface area (Å²) in [6.45, 7) is 4.52. The van der Waals surface area contributed by atoms with Crippen molar-refractivity contribution in [1.29, 1.82) is 0 Å². The summed E-state index contributed by atoms with van der Waals surface area (Å²) in [5.41, 5.74) is 0.245. The van der Waals surface area contributed by atoms with Gasteiger partial charge in [-0.1, -0.05) is 13.8 Å². The van der Waals surface area contributed by atoms with Gasteiger partial charge in [0.2, 0.25) is 0 Å². The summed E-state index contributed by atoms with van der Waals surface area (Å²) in [5.74, 6) is 1.28. The second-order valence-corrected chi connectivity index (χ2v) is 5.92. The van der Waals surface area contributed by atoms with Gasteiger partial charge in [-0.2, -0.15) is 0 Å². The molecule has 1 saturated heterocycles. The fourth-order valence-electron chi connectivity index (χ4n) is 3.38. The molecule has 2 fully saturated rings. The maximum atomic E-state index is 12.0. The zero-order valence-corrected chi connectivity index (χ0v) is 10.3. The fraction of sp³-hybridized carbons (Fsp3) is 0.643. The van der Waals surface area contributed by atoms with Crippen molar-refractivity contribution in [3.63, 3.8) is 0 Å². The van der Waals surface area contributed by atoms with Crippen LogP contribution in [0.25, 0.3) is 0 Å². The smallest absolute Gasteiger partial charge is 0.309 e. The number of furan rings is 1. The third kappa shape index (κ3) is 1.68. The number of carbonyl (C=O) groups excluding carboxylic acids is 1. The Morgan fingerprint density at radius 3 is 2.94 bits per heavy atom. The standard InChI is InChI=1S/C14H18O3/c1-14(2)6-5-9-10(14)8-12(17-13(9)15)11-4-3-7-16-11/h3-4,7,9-10,12H,5-6,8H2,1-2H3/t9-,10+,12-/m0/s1. The molecule has 0 N–H and O–H groups in total. The van der Waals surface area contributed by atoms with Gasteiger partial charge in [0, 0.05) is 0 Å². The SMILES string of the molecule is CC1(C)CC[C@@H]2C(=O)O[C@H](c3ccco3)C[C@H]21. The molecule has 0 amide bonds. The van der Waals surface area contributed by atoms with Gasteiger partial charge in [0.05, 0.1) is 12.2 Å². The summed E-state index contributed by atoms with van der Waals surface area (Å²) < 4.78 is 10.9. The molecule has 0 aromatic carbocycles. The van der Waals surface area contributed by atoms with Crippen molar-refractivity contribution in [2.75, 3.05) is 0 Å². The molecule has 3 heteroatoms. The first-order valence-electron chi connectivity index (χ1n) is 6.32. The highest BCUT2D eigenvalue weighted by Gasteiger charge is 2.50. The lowest BCUT2D eigenvalue weighted by atomic mass is 9.74. The van der Waals surface area contributed by atoms with Crippen molar-refractivity contribution >= 4 is 5.97 Å². The molecule has 92 valence electrons. The van der Waals surface area contributed by atoms with E-state index in [0.717, 1.165) is 25.0 Å². The Bertz CT molecular complexity index is 419. The summed E-state index contributed by atoms with van der Waals surface area (Å²) in [4.78, 5) is 12.0. The second-order valence-electron chi connectivity index (χ2n) is 5.92. The van der Waals surface area contributed by atoms with E-state index in [-0.39, 0.29) is 23.4 Å². The average Bonchev–Trinajstić information content (AvgIpc) is 2.87. The second kappa shape index (κ2) is 3.62. The van der Waals surface area contributed by atoms with Gasteiger partial charge in [-0.15, -0.1) is 0 Å². The predicted molar refractivity (Wildman–Crippen MR) is 62.2 cm³/mol. The van der Waals surface area contributed by atoms with Crippen LogP contribution < -0.4 is 0 Å². The maximum absolute atomic E-state index is 12.0. The molecule has 1 aliphatic heterocycles. The number of ether oxygens (including phenoxy) is 1. The molecule has 3 atom stereocenters. The summed E-state index contributed by atoms with van der Waals surface area (Å²) in [6.07, 6.45) is 4.44. The predicted octanol–water partition coefficient (Wildman–Crippen LogP) is 3.32. The molecular formula is C14H18O3. The molecule has 3 rings (SSSR count). The number of fused-ring (bicyclic) bond motifs is 1. The lowest BCUT2D eigenvalue weighted by Crippen LogP contribution is -2.35. The van der Waals surface area contributed by atoms with Crippen LogP contribution in [0.5, 0.6) is 0 Å². The lowest BCUT2D eigenvalue weighted by molar-refractivity contribution is -0.167. The zero-order valence-electron chi connectivity index (χ0n) is 10.3. The van der Waals surface area contributed by atoms with Crippen molar-refractivity contribution < 1.29 is 13.9 Å². The van der Waals surface area contributed by atoms with Gasteiger partial charge in [0.25, 0.3) is 0 Å². The number of cyclic esters (lactones) is 1. The van der Waals surface area contributed by atoms with Crippen molar-refractivity contribution in [2.45, 2.75) is 39.2 Å². The average molecular weight is 234 g/mol. The van der Waals surface area contributed by atoms with E-state index in [0.29, 0.717) is 5.92 Å². The third-order valence-corrected chi connectivity index (χ3v) is 4.48. The highest BCUT2D eigenvalue weighted by Crippen LogP contribution is 2.53. The minimum absolute atomic E-state index is 0.0341. The molecule has 1 saturated carbocycles. The molecule has 0 spiro atoms. The van der Waals surface area contributed by atoms with Gasteiger partial charge in [0.15, 0.2) is 6.10 Å². The number of esters is 1. The van der Waals surface area contributed by atoms with E-state index in [9.17, 15) is 4.79 Å². The summed E-state index contributed by atoms with van der Waals surface area (Å²) in [5, 5.41) is 0. The van der Waals surface area contributed by atoms with Crippen LogP contribution in [0.4, 0.5) is 0 Å². The Kier molecular flexibility index (Phi) is 2.32. The molecule has 2 heterocycles. The Balaban J connectivity index is 1.86. The van der Waals surface area contributed by atoms with Crippen LogP contribution in [-0.4, -0.2) is 5.97 Å². The molecule has 17 heavy (non-hydrogen) atoms. The molecule has 0 bridgehead atoms. The molecule has 0 unspecified atom stereocenters. The summed E-state index contributed by atoms with van der Waals surface area (Å²) in [7, 11) is 0. The van der Waals surface area contributed by atoms with Crippen LogP contribution in [0.1, 0.15) is 45.0 Å². The van der Waals surface area contributed by atoms with E-state index in [2.05, 4.69) is 13.8 Å². The molecule has 1 aliphatic carbocycles. The summed E-state index contributed by atoms with van der Waals surface area (Å²) >= 11 is 0. The van der Waals surface area contributed by atoms with Crippen molar-refractivity contribution in [3.05, 3.63) is 24.2 Å². The van der Waals surface area contributed by atoms with E-state index in [1.165, 1.54) is 0 Å². The minimum atomic E-state index is -0.184. The number of hydrogen-bond acceptors (Lipinski definition) is 3. The van der Waals surface area contributed by atoms with Gasteiger partial charge in [0.1, 0.15) is 5.76 Å². The first kappa shape index (κ1) is 10.9. The van der Waals surface area contributed by atoms with E-state index < -0.39 is 0 Å². The van der Waals surface area contributed by atoms with E-state index >= 15 is 0 Å². The maximum Gasteiger partial charge on any atom is 0.309 e. The van der Waals surface area contributed by atoms with Crippen LogP contribution in [0.2, 0.25) is 0 Å². The van der Waals surface area contributed by atoms with E-state index in [1.54, 1.807) is 6.26 Å². The normalized spacial score (nSPS) is 35.4. The highest BCUT2D eigenvalue weighted by atomic mass is 16.6. The van der Waals surface area contributed by atoms with Gasteiger partial charge >= 0.3 is 5.97 Å². The topological polar surface area (TPSA) is 39.4 Å². The largest absolute Gasteiger partial charge is 0.465 e. The molecule has 1 aromatic rings. The molecule has 1 aromatic heterocycles. The third-order valence-electron chi connectivity index (χ3n) is 4.48. The fourth-order valence-corrected chi connectivity index (χ4v) is 3.38. The van der Waals surface area contributed by atoms with E-state index in [1.807, 2.05) is 12.1 Å². The zero-order chi connectivity index (χ0) is 12.0. The number of hydrogen-bond donors (Lipinski definition) is 0. The lowest BCUT2D eigenvalue weighted by Gasteiger charge is -2.36. The highest BCUT2D eigenvalue weighted by molar-refractivity contribution is 5.74. The van der Waals surface area contributed by atoms with Crippen molar-refractivity contribution in [2.24, 2.45) is 17.3 Å².